The van der Waals surface area contributed by atoms with Crippen LogP contribution in [-0.2, 0) is 16.4 Å². The number of hydrogen-bond donors (Lipinski definition) is 2. The van der Waals surface area contributed by atoms with Gasteiger partial charge in [0, 0.05) is 43.0 Å². The van der Waals surface area contributed by atoms with Gasteiger partial charge in [0.1, 0.15) is 11.6 Å². The van der Waals surface area contributed by atoms with Crippen molar-refractivity contribution in [3.05, 3.63) is 83.7 Å². The quantitative estimate of drug-likeness (QED) is 0.498. The Morgan fingerprint density at radius 2 is 1.97 bits per heavy atom. The molecule has 4 rings (SSSR count). The highest BCUT2D eigenvalue weighted by Gasteiger charge is 2.22. The fourth-order valence-corrected chi connectivity index (χ4v) is 5.05. The standard InChI is InChI=1S/C25H28FN5O2S/c1-2-4-21(19-7-8-22-20(15-19)5-3-10-28-22)24(26)25(27)30-17-18-6-9-23(29-16-18)31-11-13-34(32,33)14-12-31/h3-10,15-16,30H,2,11-14,17,27H2,1H3/b21-4-,25-24-. The highest BCUT2D eigenvalue weighted by Crippen LogP contribution is 2.28. The summed E-state index contributed by atoms with van der Waals surface area (Å²) in [5, 5.41) is 3.88. The van der Waals surface area contributed by atoms with Gasteiger partial charge in [0.15, 0.2) is 15.7 Å². The molecule has 1 saturated heterocycles. The van der Waals surface area contributed by atoms with Crippen LogP contribution in [0.2, 0.25) is 0 Å². The maximum Gasteiger partial charge on any atom is 0.170 e. The second kappa shape index (κ2) is 10.2. The highest BCUT2D eigenvalue weighted by molar-refractivity contribution is 7.91. The number of aromatic nitrogens is 2. The van der Waals surface area contributed by atoms with Crippen molar-refractivity contribution in [2.24, 2.45) is 5.73 Å². The summed E-state index contributed by atoms with van der Waals surface area (Å²) < 4.78 is 38.6. The molecule has 7 nitrogen and oxygen atoms in total. The van der Waals surface area contributed by atoms with Crippen LogP contribution < -0.4 is 16.0 Å². The van der Waals surface area contributed by atoms with Crippen molar-refractivity contribution in [1.82, 2.24) is 15.3 Å². The highest BCUT2D eigenvalue weighted by atomic mass is 32.2. The zero-order chi connectivity index (χ0) is 24.1. The molecule has 0 unspecified atom stereocenters. The van der Waals surface area contributed by atoms with E-state index in [4.69, 9.17) is 5.73 Å². The van der Waals surface area contributed by atoms with Crippen LogP contribution in [0.1, 0.15) is 24.5 Å². The Hall–Kier alpha value is -3.46. The van der Waals surface area contributed by atoms with E-state index in [2.05, 4.69) is 15.3 Å². The molecule has 0 aliphatic carbocycles. The van der Waals surface area contributed by atoms with Crippen LogP contribution in [0.25, 0.3) is 16.5 Å². The van der Waals surface area contributed by atoms with Gasteiger partial charge in [-0.3, -0.25) is 4.98 Å². The van der Waals surface area contributed by atoms with E-state index in [1.54, 1.807) is 12.4 Å². The first-order chi connectivity index (χ1) is 16.4. The first kappa shape index (κ1) is 23.7. The van der Waals surface area contributed by atoms with E-state index >= 15 is 4.39 Å². The molecule has 34 heavy (non-hydrogen) atoms. The zero-order valence-electron chi connectivity index (χ0n) is 19.0. The Balaban J connectivity index is 1.45. The van der Waals surface area contributed by atoms with Gasteiger partial charge in [-0.1, -0.05) is 31.2 Å². The fraction of sp³-hybridized carbons (Fsp3) is 0.280. The summed E-state index contributed by atoms with van der Waals surface area (Å²) >= 11 is 0. The van der Waals surface area contributed by atoms with Gasteiger partial charge in [0.25, 0.3) is 0 Å². The fourth-order valence-electron chi connectivity index (χ4n) is 3.85. The number of sulfone groups is 1. The van der Waals surface area contributed by atoms with Gasteiger partial charge < -0.3 is 16.0 Å². The Morgan fingerprint density at radius 3 is 2.68 bits per heavy atom. The van der Waals surface area contributed by atoms with E-state index in [9.17, 15) is 8.42 Å². The first-order valence-electron chi connectivity index (χ1n) is 11.2. The van der Waals surface area contributed by atoms with Crippen LogP contribution in [0.3, 0.4) is 0 Å². The third-order valence-corrected chi connectivity index (χ3v) is 7.36. The van der Waals surface area contributed by atoms with Crippen molar-refractivity contribution in [2.45, 2.75) is 19.9 Å². The number of allylic oxidation sites excluding steroid dienone is 3. The Bertz CT molecular complexity index is 1320. The summed E-state index contributed by atoms with van der Waals surface area (Å²) in [5.41, 5.74) is 8.93. The topological polar surface area (TPSA) is 101 Å². The van der Waals surface area contributed by atoms with Crippen molar-refractivity contribution in [3.8, 4) is 0 Å². The molecule has 3 N–H and O–H groups in total. The molecular weight excluding hydrogens is 453 g/mol. The minimum absolute atomic E-state index is 0.0451. The number of fused-ring (bicyclic) bond motifs is 1. The van der Waals surface area contributed by atoms with Crippen molar-refractivity contribution in [1.29, 1.82) is 0 Å². The number of nitrogens with two attached hydrogens (primary N) is 1. The molecule has 178 valence electrons. The van der Waals surface area contributed by atoms with Crippen molar-refractivity contribution in [3.63, 3.8) is 0 Å². The molecule has 3 aromatic rings. The largest absolute Gasteiger partial charge is 0.383 e. The van der Waals surface area contributed by atoms with Gasteiger partial charge in [0.05, 0.1) is 17.0 Å². The number of rotatable bonds is 7. The Morgan fingerprint density at radius 1 is 1.18 bits per heavy atom. The lowest BCUT2D eigenvalue weighted by Gasteiger charge is -2.27. The SMILES string of the molecule is CC/C=C(\C(F)=C(/N)NCc1ccc(N2CCS(=O)(=O)CC2)nc1)c1ccc2ncccc2c1. The molecule has 1 aromatic carbocycles. The van der Waals surface area contributed by atoms with Gasteiger partial charge in [-0.25, -0.2) is 17.8 Å². The maximum absolute atomic E-state index is 15.3. The minimum Gasteiger partial charge on any atom is -0.383 e. The van der Waals surface area contributed by atoms with Crippen LogP contribution in [0.5, 0.6) is 0 Å². The number of pyridine rings is 2. The number of halogens is 1. The van der Waals surface area contributed by atoms with Gasteiger partial charge in [0.2, 0.25) is 0 Å². The molecule has 0 saturated carbocycles. The molecule has 9 heteroatoms. The summed E-state index contributed by atoms with van der Waals surface area (Å²) in [7, 11) is -2.94. The molecule has 0 radical (unpaired) electrons. The summed E-state index contributed by atoms with van der Waals surface area (Å²) in [6, 6.07) is 13.1. The zero-order valence-corrected chi connectivity index (χ0v) is 19.9. The second-order valence-electron chi connectivity index (χ2n) is 8.18. The van der Waals surface area contributed by atoms with Crippen LogP contribution in [-0.4, -0.2) is 43.0 Å². The third-order valence-electron chi connectivity index (χ3n) is 5.76. The lowest BCUT2D eigenvalue weighted by Crippen LogP contribution is -2.40. The summed E-state index contributed by atoms with van der Waals surface area (Å²) in [6.45, 7) is 3.13. The molecule has 0 spiro atoms. The average molecular weight is 482 g/mol. The van der Waals surface area contributed by atoms with Crippen LogP contribution in [0, 0.1) is 0 Å². The minimum atomic E-state index is -2.94. The summed E-state index contributed by atoms with van der Waals surface area (Å²) in [5.74, 6) is 0.452. The van der Waals surface area contributed by atoms with E-state index in [1.807, 2.05) is 60.4 Å². The predicted molar refractivity (Wildman–Crippen MR) is 134 cm³/mol. The van der Waals surface area contributed by atoms with Gasteiger partial charge in [-0.2, -0.15) is 0 Å². The average Bonchev–Trinajstić information content (AvgIpc) is 2.85. The number of hydrogen-bond acceptors (Lipinski definition) is 7. The van der Waals surface area contributed by atoms with Crippen molar-refractivity contribution >= 4 is 32.1 Å². The second-order valence-corrected chi connectivity index (χ2v) is 10.5. The van der Waals surface area contributed by atoms with Crippen molar-refractivity contribution < 1.29 is 12.8 Å². The lowest BCUT2D eigenvalue weighted by atomic mass is 10.0. The van der Waals surface area contributed by atoms with E-state index in [-0.39, 0.29) is 17.3 Å². The van der Waals surface area contributed by atoms with Crippen LogP contribution >= 0.6 is 0 Å². The Labute approximate surface area is 199 Å². The van der Waals surface area contributed by atoms with Gasteiger partial charge in [-0.05, 0) is 41.8 Å². The molecule has 1 fully saturated rings. The molecule has 1 aliphatic heterocycles. The molecular formula is C25H28FN5O2S. The molecule has 0 amide bonds. The van der Waals surface area contributed by atoms with Gasteiger partial charge in [-0.15, -0.1) is 0 Å². The normalized spacial score (nSPS) is 16.9. The summed E-state index contributed by atoms with van der Waals surface area (Å²) in [4.78, 5) is 10.7. The third kappa shape index (κ3) is 5.53. The first-order valence-corrected chi connectivity index (χ1v) is 13.0. The molecule has 3 heterocycles. The molecule has 1 aliphatic rings. The number of nitrogens with zero attached hydrogens (tertiary/aromatic N) is 3. The van der Waals surface area contributed by atoms with Crippen LogP contribution in [0.4, 0.5) is 10.2 Å². The lowest BCUT2D eigenvalue weighted by molar-refractivity contribution is 0.586. The smallest absolute Gasteiger partial charge is 0.170 e. The van der Waals surface area contributed by atoms with E-state index in [0.717, 1.165) is 27.8 Å². The van der Waals surface area contributed by atoms with E-state index in [1.165, 1.54) is 0 Å². The monoisotopic (exact) mass is 481 g/mol. The Kier molecular flexibility index (Phi) is 7.12. The van der Waals surface area contributed by atoms with Gasteiger partial charge >= 0.3 is 0 Å². The number of benzene rings is 1. The molecule has 0 bridgehead atoms. The van der Waals surface area contributed by atoms with E-state index in [0.29, 0.717) is 31.6 Å². The summed E-state index contributed by atoms with van der Waals surface area (Å²) in [6.07, 6.45) is 5.89. The predicted octanol–water partition coefficient (Wildman–Crippen LogP) is 3.55. The maximum atomic E-state index is 15.3. The van der Waals surface area contributed by atoms with Crippen molar-refractivity contribution in [2.75, 3.05) is 29.5 Å². The van der Waals surface area contributed by atoms with Crippen LogP contribution in [0.15, 0.2) is 72.6 Å². The number of anilines is 1. The molecule has 2 aromatic heterocycles. The number of nitrogens with one attached hydrogen (secondary N) is 1. The molecule has 0 atom stereocenters. The van der Waals surface area contributed by atoms with E-state index < -0.39 is 15.7 Å².